The topological polar surface area (TPSA) is 56.1 Å². The van der Waals surface area contributed by atoms with Gasteiger partial charge in [0.15, 0.2) is 5.82 Å². The molecule has 0 aliphatic rings. The van der Waals surface area contributed by atoms with Crippen molar-refractivity contribution in [2.24, 2.45) is 0 Å². The van der Waals surface area contributed by atoms with Gasteiger partial charge in [-0.05, 0) is 42.8 Å². The van der Waals surface area contributed by atoms with Crippen molar-refractivity contribution in [1.82, 2.24) is 9.78 Å². The molecule has 0 saturated carbocycles. The maximum Gasteiger partial charge on any atom is 0.260 e. The number of amides is 1. The lowest BCUT2D eigenvalue weighted by Crippen LogP contribution is -2.14. The van der Waals surface area contributed by atoms with Crippen LogP contribution in [-0.4, -0.2) is 22.8 Å². The summed E-state index contributed by atoms with van der Waals surface area (Å²) < 4.78 is 20.1. The Bertz CT molecular complexity index is 1000. The standard InChI is InChI=1S/C19H16Cl2FN3O2/c1-11-7-18(23-19(26)15-8-13(20)4-6-17(15)27-2)24-25(11)10-12-3-5-14(22)9-16(12)21/h3-9H,10H2,1-2H3,(H,23,24,26). The summed E-state index contributed by atoms with van der Waals surface area (Å²) in [4.78, 5) is 12.6. The van der Waals surface area contributed by atoms with Gasteiger partial charge in [-0.1, -0.05) is 29.3 Å². The number of ether oxygens (including phenoxy) is 1. The number of carbonyl (C=O) groups excluding carboxylic acids is 1. The number of rotatable bonds is 5. The first-order valence-electron chi connectivity index (χ1n) is 8.00. The van der Waals surface area contributed by atoms with Gasteiger partial charge >= 0.3 is 0 Å². The number of benzene rings is 2. The first-order chi connectivity index (χ1) is 12.9. The van der Waals surface area contributed by atoms with Gasteiger partial charge in [-0.2, -0.15) is 5.10 Å². The molecule has 2 aromatic carbocycles. The highest BCUT2D eigenvalue weighted by Gasteiger charge is 2.15. The van der Waals surface area contributed by atoms with Crippen molar-refractivity contribution in [3.63, 3.8) is 0 Å². The molecule has 1 heterocycles. The largest absolute Gasteiger partial charge is 0.496 e. The lowest BCUT2D eigenvalue weighted by atomic mass is 10.2. The quantitative estimate of drug-likeness (QED) is 0.650. The van der Waals surface area contributed by atoms with Crippen molar-refractivity contribution in [3.05, 3.63) is 75.1 Å². The van der Waals surface area contributed by atoms with Crippen LogP contribution in [0.5, 0.6) is 5.75 Å². The zero-order valence-electron chi connectivity index (χ0n) is 14.6. The molecular formula is C19H16Cl2FN3O2. The lowest BCUT2D eigenvalue weighted by molar-refractivity contribution is 0.102. The van der Waals surface area contributed by atoms with E-state index in [4.69, 9.17) is 27.9 Å². The molecule has 0 fully saturated rings. The van der Waals surface area contributed by atoms with Crippen molar-refractivity contribution in [3.8, 4) is 5.75 Å². The first kappa shape index (κ1) is 19.2. The van der Waals surface area contributed by atoms with Gasteiger partial charge in [0.05, 0.1) is 19.2 Å². The van der Waals surface area contributed by atoms with E-state index in [9.17, 15) is 9.18 Å². The van der Waals surface area contributed by atoms with E-state index in [-0.39, 0.29) is 5.91 Å². The Hall–Kier alpha value is -2.57. The summed E-state index contributed by atoms with van der Waals surface area (Å²) in [6.07, 6.45) is 0. The molecular weight excluding hydrogens is 392 g/mol. The maximum absolute atomic E-state index is 13.2. The Morgan fingerprint density at radius 2 is 2.00 bits per heavy atom. The van der Waals surface area contributed by atoms with Crippen molar-refractivity contribution in [2.75, 3.05) is 12.4 Å². The number of halogens is 3. The fraction of sp³-hybridized carbons (Fsp3) is 0.158. The van der Waals surface area contributed by atoms with E-state index < -0.39 is 5.82 Å². The Morgan fingerprint density at radius 1 is 1.22 bits per heavy atom. The van der Waals surface area contributed by atoms with Gasteiger partial charge in [-0.15, -0.1) is 0 Å². The minimum Gasteiger partial charge on any atom is -0.496 e. The average molecular weight is 408 g/mol. The van der Waals surface area contributed by atoms with E-state index in [1.54, 1.807) is 28.9 Å². The molecule has 0 radical (unpaired) electrons. The minimum atomic E-state index is -0.399. The number of aromatic nitrogens is 2. The fourth-order valence-corrected chi connectivity index (χ4v) is 2.98. The van der Waals surface area contributed by atoms with Gasteiger partial charge in [0.25, 0.3) is 5.91 Å². The number of nitrogens with zero attached hydrogens (tertiary/aromatic N) is 2. The molecule has 0 saturated heterocycles. The predicted molar refractivity (Wildman–Crippen MR) is 103 cm³/mol. The molecule has 0 spiro atoms. The molecule has 3 aromatic rings. The van der Waals surface area contributed by atoms with E-state index in [0.29, 0.717) is 33.7 Å². The van der Waals surface area contributed by atoms with E-state index in [0.717, 1.165) is 11.3 Å². The molecule has 1 amide bonds. The molecule has 0 aliphatic carbocycles. The summed E-state index contributed by atoms with van der Waals surface area (Å²) in [7, 11) is 1.48. The number of carbonyl (C=O) groups is 1. The third-order valence-corrected chi connectivity index (χ3v) is 4.55. The van der Waals surface area contributed by atoms with Gasteiger partial charge in [0.2, 0.25) is 0 Å². The molecule has 8 heteroatoms. The third-order valence-electron chi connectivity index (χ3n) is 3.96. The number of aryl methyl sites for hydroxylation is 1. The highest BCUT2D eigenvalue weighted by atomic mass is 35.5. The summed E-state index contributed by atoms with van der Waals surface area (Å²) in [5.41, 5.74) is 1.83. The number of hydrogen-bond acceptors (Lipinski definition) is 3. The Kier molecular flexibility index (Phi) is 5.68. The van der Waals surface area contributed by atoms with Crippen LogP contribution >= 0.6 is 23.2 Å². The smallest absolute Gasteiger partial charge is 0.260 e. The van der Waals surface area contributed by atoms with E-state index >= 15 is 0 Å². The number of anilines is 1. The van der Waals surface area contributed by atoms with E-state index in [1.807, 2.05) is 6.92 Å². The molecule has 5 nitrogen and oxygen atoms in total. The molecule has 0 bridgehead atoms. The summed E-state index contributed by atoms with van der Waals surface area (Å²) in [6, 6.07) is 10.7. The van der Waals surface area contributed by atoms with Crippen LogP contribution < -0.4 is 10.1 Å². The highest BCUT2D eigenvalue weighted by molar-refractivity contribution is 6.31. The zero-order chi connectivity index (χ0) is 19.6. The molecule has 1 N–H and O–H groups in total. The van der Waals surface area contributed by atoms with Crippen LogP contribution in [0.2, 0.25) is 10.0 Å². The fourth-order valence-electron chi connectivity index (χ4n) is 2.58. The number of nitrogens with one attached hydrogen (secondary N) is 1. The van der Waals surface area contributed by atoms with Gasteiger partial charge in [-0.3, -0.25) is 9.48 Å². The Labute approximate surface area is 165 Å². The number of hydrogen-bond donors (Lipinski definition) is 1. The summed E-state index contributed by atoms with van der Waals surface area (Å²) in [5, 5.41) is 7.84. The predicted octanol–water partition coefficient (Wildman–Crippen LogP) is 4.95. The first-order valence-corrected chi connectivity index (χ1v) is 8.76. The van der Waals surface area contributed by atoms with Crippen LogP contribution in [0.15, 0.2) is 42.5 Å². The highest BCUT2D eigenvalue weighted by Crippen LogP contribution is 2.24. The lowest BCUT2D eigenvalue weighted by Gasteiger charge is -2.08. The minimum absolute atomic E-state index is 0.304. The molecule has 0 atom stereocenters. The Balaban J connectivity index is 1.80. The van der Waals surface area contributed by atoms with Gasteiger partial charge < -0.3 is 10.1 Å². The van der Waals surface area contributed by atoms with Gasteiger partial charge in [0.1, 0.15) is 11.6 Å². The average Bonchev–Trinajstić information content (AvgIpc) is 2.96. The van der Waals surface area contributed by atoms with E-state index in [2.05, 4.69) is 10.4 Å². The second-order valence-corrected chi connectivity index (χ2v) is 6.71. The van der Waals surface area contributed by atoms with Gasteiger partial charge in [0, 0.05) is 21.8 Å². The summed E-state index contributed by atoms with van der Waals surface area (Å²) in [5.74, 6) is -0.00733. The summed E-state index contributed by atoms with van der Waals surface area (Å²) in [6.45, 7) is 2.20. The monoisotopic (exact) mass is 407 g/mol. The van der Waals surface area contributed by atoms with Crippen LogP contribution in [0.4, 0.5) is 10.2 Å². The van der Waals surface area contributed by atoms with Crippen LogP contribution in [0.3, 0.4) is 0 Å². The molecule has 27 heavy (non-hydrogen) atoms. The van der Waals surface area contributed by atoms with Crippen molar-refractivity contribution >= 4 is 34.9 Å². The van der Waals surface area contributed by atoms with Crippen LogP contribution in [0.25, 0.3) is 0 Å². The second-order valence-electron chi connectivity index (χ2n) is 5.86. The molecule has 1 aromatic heterocycles. The molecule has 0 unspecified atom stereocenters. The van der Waals surface area contributed by atoms with Crippen LogP contribution in [0.1, 0.15) is 21.6 Å². The molecule has 0 aliphatic heterocycles. The third kappa shape index (κ3) is 4.40. The molecule has 140 valence electrons. The van der Waals surface area contributed by atoms with Gasteiger partial charge in [-0.25, -0.2) is 4.39 Å². The SMILES string of the molecule is COc1ccc(Cl)cc1C(=O)Nc1cc(C)n(Cc2ccc(F)cc2Cl)n1. The number of methoxy groups -OCH3 is 1. The van der Waals surface area contributed by atoms with Crippen LogP contribution in [0, 0.1) is 12.7 Å². The normalized spacial score (nSPS) is 10.7. The van der Waals surface area contributed by atoms with E-state index in [1.165, 1.54) is 25.3 Å². The Morgan fingerprint density at radius 3 is 2.70 bits per heavy atom. The zero-order valence-corrected chi connectivity index (χ0v) is 16.1. The van der Waals surface area contributed by atoms with Crippen molar-refractivity contribution in [1.29, 1.82) is 0 Å². The molecule has 3 rings (SSSR count). The van der Waals surface area contributed by atoms with Crippen molar-refractivity contribution in [2.45, 2.75) is 13.5 Å². The summed E-state index contributed by atoms with van der Waals surface area (Å²) >= 11 is 12.0. The second kappa shape index (κ2) is 7.98. The van der Waals surface area contributed by atoms with Crippen LogP contribution in [-0.2, 0) is 6.54 Å². The maximum atomic E-state index is 13.2. The van der Waals surface area contributed by atoms with Crippen molar-refractivity contribution < 1.29 is 13.9 Å².